The molecule has 0 amide bonds. The Balaban J connectivity index is 0.000000541. The van der Waals surface area contributed by atoms with Crippen molar-refractivity contribution in [2.75, 3.05) is 13.2 Å². The Bertz CT molecular complexity index is 638. The molecule has 1 aliphatic rings. The molecule has 0 fully saturated rings. The van der Waals surface area contributed by atoms with E-state index in [1.54, 1.807) is 0 Å². The molecule has 122 valence electrons. The summed E-state index contributed by atoms with van der Waals surface area (Å²) in [5.74, 6) is 0. The number of pyridine rings is 1. The van der Waals surface area contributed by atoms with Gasteiger partial charge >= 0.3 is 0 Å². The molecule has 1 heterocycles. The Morgan fingerprint density at radius 1 is 1.32 bits per heavy atom. The van der Waals surface area contributed by atoms with Gasteiger partial charge in [-0.05, 0) is 37.3 Å². The summed E-state index contributed by atoms with van der Waals surface area (Å²) in [6, 6.07) is 3.26. The highest BCUT2D eigenvalue weighted by molar-refractivity contribution is 5.76. The van der Waals surface area contributed by atoms with Gasteiger partial charge in [0.25, 0.3) is 5.56 Å². The molecule has 1 aromatic heterocycles. The van der Waals surface area contributed by atoms with Crippen molar-refractivity contribution in [1.29, 1.82) is 0 Å². The molecule has 5 nitrogen and oxygen atoms in total. The number of nitrogens with zero attached hydrogens (tertiary/aromatic N) is 1. The Morgan fingerprint density at radius 2 is 1.91 bits per heavy atom. The minimum Gasteiger partial charge on any atom is -0.425 e. The molecule has 0 saturated heterocycles. The number of aryl methyl sites for hydroxylation is 1. The smallest absolute Gasteiger partial charge is 0.283 e. The lowest BCUT2D eigenvalue weighted by atomic mass is 9.79. The van der Waals surface area contributed by atoms with Gasteiger partial charge in [-0.25, -0.2) is 0 Å². The lowest BCUT2D eigenvalue weighted by molar-refractivity contribution is 0.172. The minimum absolute atomic E-state index is 0.0972. The van der Waals surface area contributed by atoms with E-state index in [1.807, 2.05) is 26.0 Å². The van der Waals surface area contributed by atoms with Crippen LogP contribution in [0, 0.1) is 12.3 Å². The zero-order chi connectivity index (χ0) is 16.9. The molecule has 22 heavy (non-hydrogen) atoms. The number of hydrogen-bond donors (Lipinski definition) is 3. The summed E-state index contributed by atoms with van der Waals surface area (Å²) in [4.78, 5) is 11.6. The van der Waals surface area contributed by atoms with Crippen LogP contribution in [0.1, 0.15) is 38.4 Å². The van der Waals surface area contributed by atoms with Crippen LogP contribution in [-0.2, 0) is 0 Å². The summed E-state index contributed by atoms with van der Waals surface area (Å²) in [5.41, 5.74) is 8.09. The van der Waals surface area contributed by atoms with Crippen LogP contribution < -0.4 is 11.3 Å². The highest BCUT2D eigenvalue weighted by Gasteiger charge is 2.22. The van der Waals surface area contributed by atoms with Crippen molar-refractivity contribution in [2.24, 2.45) is 11.1 Å². The van der Waals surface area contributed by atoms with Crippen molar-refractivity contribution in [3.8, 4) is 0 Å². The first-order valence-electron chi connectivity index (χ1n) is 7.35. The Hall–Kier alpha value is -1.85. The number of aromatic nitrogens is 1. The largest absolute Gasteiger partial charge is 0.425 e. The lowest BCUT2D eigenvalue weighted by Gasteiger charge is -2.27. The number of aliphatic hydroxyl groups excluding tert-OH is 1. The molecule has 0 spiro atoms. The maximum atomic E-state index is 11.6. The molecule has 1 aromatic rings. The Labute approximate surface area is 131 Å². The van der Waals surface area contributed by atoms with E-state index in [0.29, 0.717) is 12.2 Å². The minimum atomic E-state index is -0.386. The van der Waals surface area contributed by atoms with Crippen LogP contribution in [0.15, 0.2) is 34.7 Å². The zero-order valence-corrected chi connectivity index (χ0v) is 13.8. The zero-order valence-electron chi connectivity index (χ0n) is 13.8. The van der Waals surface area contributed by atoms with Gasteiger partial charge in [-0.2, -0.15) is 0 Å². The first kappa shape index (κ1) is 18.2. The summed E-state index contributed by atoms with van der Waals surface area (Å²) in [6.07, 6.45) is 5.06. The molecule has 0 aromatic carbocycles. The molecular weight excluding hydrogens is 280 g/mol. The Morgan fingerprint density at radius 3 is 2.41 bits per heavy atom. The van der Waals surface area contributed by atoms with E-state index in [9.17, 15) is 10.0 Å². The molecule has 0 aliphatic heterocycles. The van der Waals surface area contributed by atoms with E-state index in [4.69, 9.17) is 10.8 Å². The molecular formula is C17H26N2O3. The second-order valence-corrected chi connectivity index (χ2v) is 6.27. The average molecular weight is 306 g/mol. The van der Waals surface area contributed by atoms with E-state index in [-0.39, 0.29) is 17.6 Å². The van der Waals surface area contributed by atoms with Gasteiger partial charge < -0.3 is 16.0 Å². The van der Waals surface area contributed by atoms with Crippen LogP contribution in [0.4, 0.5) is 0 Å². The van der Waals surface area contributed by atoms with Gasteiger partial charge in [-0.1, -0.05) is 31.6 Å². The predicted octanol–water partition coefficient (Wildman–Crippen LogP) is 2.09. The Kier molecular flexibility index (Phi) is 6.14. The van der Waals surface area contributed by atoms with Gasteiger partial charge in [0.2, 0.25) is 0 Å². The average Bonchev–Trinajstić information content (AvgIpc) is 2.42. The summed E-state index contributed by atoms with van der Waals surface area (Å²) in [5, 5.41) is 17.6. The van der Waals surface area contributed by atoms with Crippen LogP contribution in [0.2, 0.25) is 0 Å². The monoisotopic (exact) mass is 306 g/mol. The first-order valence-corrected chi connectivity index (χ1v) is 7.35. The van der Waals surface area contributed by atoms with Crippen LogP contribution in [-0.4, -0.2) is 28.2 Å². The molecule has 1 aliphatic carbocycles. The predicted molar refractivity (Wildman–Crippen MR) is 88.9 cm³/mol. The number of hydrogen-bond acceptors (Lipinski definition) is 4. The number of allylic oxidation sites excluding steroid dienone is 4. The van der Waals surface area contributed by atoms with Crippen molar-refractivity contribution in [2.45, 2.75) is 34.1 Å². The SMILES string of the molecule is CC1=C(c2cc(C)cc(=O)n2O)C=CC(C)(C)C1.NCCO. The van der Waals surface area contributed by atoms with Crippen molar-refractivity contribution >= 4 is 5.57 Å². The fourth-order valence-electron chi connectivity index (χ4n) is 2.48. The summed E-state index contributed by atoms with van der Waals surface area (Å²) >= 11 is 0. The van der Waals surface area contributed by atoms with Crippen molar-refractivity contribution in [3.05, 3.63) is 51.5 Å². The van der Waals surface area contributed by atoms with Crippen LogP contribution in [0.5, 0.6) is 0 Å². The number of aliphatic hydroxyl groups is 1. The first-order chi connectivity index (χ1) is 10.2. The van der Waals surface area contributed by atoms with Crippen molar-refractivity contribution < 1.29 is 10.3 Å². The summed E-state index contributed by atoms with van der Waals surface area (Å²) in [6.45, 7) is 8.72. The quantitative estimate of drug-likeness (QED) is 0.730. The molecule has 0 bridgehead atoms. The molecule has 5 heteroatoms. The van der Waals surface area contributed by atoms with E-state index >= 15 is 0 Å². The second-order valence-electron chi connectivity index (χ2n) is 6.27. The van der Waals surface area contributed by atoms with Gasteiger partial charge in [0.05, 0.1) is 12.3 Å². The number of nitrogens with two attached hydrogens (primary N) is 1. The molecule has 0 unspecified atom stereocenters. The fourth-order valence-corrected chi connectivity index (χ4v) is 2.48. The molecule has 2 rings (SSSR count). The van der Waals surface area contributed by atoms with E-state index in [2.05, 4.69) is 19.9 Å². The van der Waals surface area contributed by atoms with E-state index in [1.165, 1.54) is 11.6 Å². The fraction of sp³-hybridized carbons (Fsp3) is 0.471. The third-order valence-electron chi connectivity index (χ3n) is 3.44. The third kappa shape index (κ3) is 4.58. The van der Waals surface area contributed by atoms with Gasteiger partial charge in [-0.3, -0.25) is 4.79 Å². The number of rotatable bonds is 2. The third-order valence-corrected chi connectivity index (χ3v) is 3.44. The van der Waals surface area contributed by atoms with Crippen LogP contribution in [0.25, 0.3) is 5.57 Å². The maximum absolute atomic E-state index is 11.6. The van der Waals surface area contributed by atoms with Gasteiger partial charge in [0.1, 0.15) is 0 Å². The summed E-state index contributed by atoms with van der Waals surface area (Å²) < 4.78 is 0.731. The maximum Gasteiger partial charge on any atom is 0.283 e. The van der Waals surface area contributed by atoms with Crippen molar-refractivity contribution in [3.63, 3.8) is 0 Å². The second kappa shape index (κ2) is 7.42. The van der Waals surface area contributed by atoms with Gasteiger partial charge in [-0.15, -0.1) is 4.73 Å². The molecule has 4 N–H and O–H groups in total. The van der Waals surface area contributed by atoms with Gasteiger partial charge in [0.15, 0.2) is 0 Å². The van der Waals surface area contributed by atoms with Crippen molar-refractivity contribution in [1.82, 2.24) is 4.73 Å². The summed E-state index contributed by atoms with van der Waals surface area (Å²) in [7, 11) is 0. The lowest BCUT2D eigenvalue weighted by Crippen LogP contribution is -2.22. The molecule has 0 radical (unpaired) electrons. The normalized spacial score (nSPS) is 16.3. The van der Waals surface area contributed by atoms with E-state index < -0.39 is 0 Å². The topological polar surface area (TPSA) is 88.5 Å². The molecule has 0 saturated carbocycles. The molecule has 0 atom stereocenters. The van der Waals surface area contributed by atoms with E-state index in [0.717, 1.165) is 22.3 Å². The highest BCUT2D eigenvalue weighted by Crippen LogP contribution is 2.36. The highest BCUT2D eigenvalue weighted by atomic mass is 16.5. The standard InChI is InChI=1S/C15H19NO2.C2H7NO/c1-10-7-13(16(18)14(17)8-10)12-5-6-15(3,4)9-11(12)2;3-1-2-4/h5-8,18H,9H2,1-4H3;4H,1-3H2. The van der Waals surface area contributed by atoms with Crippen LogP contribution >= 0.6 is 0 Å². The van der Waals surface area contributed by atoms with Crippen LogP contribution in [0.3, 0.4) is 0 Å². The van der Waals surface area contributed by atoms with Gasteiger partial charge in [0, 0.05) is 18.2 Å².